The number of carbonyl (C=O) groups excluding carboxylic acids is 4. The van der Waals surface area contributed by atoms with Crippen molar-refractivity contribution in [3.63, 3.8) is 0 Å². The zero-order valence-corrected chi connectivity index (χ0v) is 32.2. The van der Waals surface area contributed by atoms with Gasteiger partial charge in [0.25, 0.3) is 5.91 Å². The molecule has 7 atom stereocenters. The summed E-state index contributed by atoms with van der Waals surface area (Å²) in [4.78, 5) is 62.9. The number of carbonyl (C=O) groups is 4. The number of amides is 4. The molecule has 3 bridgehead atoms. The quantitative estimate of drug-likeness (QED) is 0.364. The molecule has 14 heteroatoms. The summed E-state index contributed by atoms with van der Waals surface area (Å²) >= 11 is 0. The molecular weight excluding hydrogens is 723 g/mol. The van der Waals surface area contributed by atoms with E-state index in [2.05, 4.69) is 15.4 Å². The Kier molecular flexibility index (Phi) is 10.8. The van der Waals surface area contributed by atoms with Gasteiger partial charge in [0.05, 0.1) is 23.0 Å². The topological polar surface area (TPSA) is 173 Å². The van der Waals surface area contributed by atoms with E-state index in [-0.39, 0.29) is 31.4 Å². The van der Waals surface area contributed by atoms with Gasteiger partial charge in [0.15, 0.2) is 0 Å². The predicted molar refractivity (Wildman–Crippen MR) is 204 cm³/mol. The van der Waals surface area contributed by atoms with E-state index in [0.717, 1.165) is 80.8 Å². The summed E-state index contributed by atoms with van der Waals surface area (Å²) < 4.78 is 40.7. The Hall–Kier alpha value is -4.20. The summed E-state index contributed by atoms with van der Waals surface area (Å²) in [7, 11) is -3.87. The van der Waals surface area contributed by atoms with Crippen molar-refractivity contribution in [3.05, 3.63) is 48.2 Å². The van der Waals surface area contributed by atoms with Crippen molar-refractivity contribution in [2.24, 2.45) is 11.8 Å². The van der Waals surface area contributed by atoms with Gasteiger partial charge in [0.1, 0.15) is 35.6 Å². The Balaban J connectivity index is 1.13. The van der Waals surface area contributed by atoms with Crippen molar-refractivity contribution >= 4 is 44.7 Å². The Morgan fingerprint density at radius 3 is 2.58 bits per heavy atom. The molecule has 4 fully saturated rings. The van der Waals surface area contributed by atoms with Crippen LogP contribution in [-0.4, -0.2) is 83.7 Å². The number of nitrogens with zero attached hydrogens (tertiary/aromatic N) is 2. The lowest BCUT2D eigenvalue weighted by Crippen LogP contribution is -2.58. The van der Waals surface area contributed by atoms with E-state index < -0.39 is 68.7 Å². The van der Waals surface area contributed by atoms with E-state index in [1.807, 2.05) is 42.5 Å². The summed E-state index contributed by atoms with van der Waals surface area (Å²) in [5.41, 5.74) is 0.225. The van der Waals surface area contributed by atoms with Gasteiger partial charge in [-0.25, -0.2) is 18.2 Å². The predicted octanol–water partition coefficient (Wildman–Crippen LogP) is 4.97. The molecule has 6 aliphatic rings. The smallest absolute Gasteiger partial charge is 0.408 e. The van der Waals surface area contributed by atoms with Gasteiger partial charge < -0.3 is 25.0 Å². The standard InChI is InChI=1S/C41H53N5O8S/c47-37-34-23-29-25-46(34)38(48)33(18-7-3-1-2-6-15-28-24-41(28,44-37)39(49)45-55(51,52)30-20-21-30)43-40(50)54-35-19-11-14-26(35)12-5-4-8-17-32-36(53-29)22-27-13-9-10-16-31(27)42-32/h6,9-10,13,15-16,22,26,28-30,33-35H,1-5,7-8,11-12,14,17-21,23-25H2,(H,43,50)(H,44,47)(H,45,49). The second-order valence-corrected chi connectivity index (χ2v) is 18.5. The summed E-state index contributed by atoms with van der Waals surface area (Å²) in [6.45, 7) is 0.0691. The van der Waals surface area contributed by atoms with Gasteiger partial charge >= 0.3 is 6.09 Å². The minimum Gasteiger partial charge on any atom is -0.487 e. The number of ether oxygens (including phenoxy) is 2. The fourth-order valence-electron chi connectivity index (χ4n) is 9.12. The van der Waals surface area contributed by atoms with Crippen molar-refractivity contribution in [3.8, 4) is 5.75 Å². The van der Waals surface area contributed by atoms with Gasteiger partial charge in [-0.15, -0.1) is 0 Å². The van der Waals surface area contributed by atoms with Crippen LogP contribution in [0.3, 0.4) is 0 Å². The molecule has 4 amide bonds. The van der Waals surface area contributed by atoms with E-state index in [0.29, 0.717) is 37.9 Å². The number of aryl methyl sites for hydroxylation is 1. The molecule has 8 rings (SSSR count). The molecule has 0 radical (unpaired) electrons. The highest BCUT2D eigenvalue weighted by Crippen LogP contribution is 2.46. The third-order valence-corrected chi connectivity index (χ3v) is 14.3. The van der Waals surface area contributed by atoms with Crippen molar-refractivity contribution in [2.45, 2.75) is 144 Å². The molecule has 1 aromatic carbocycles. The number of hydrogen-bond donors (Lipinski definition) is 3. The average Bonchev–Trinajstić information content (AvgIpc) is 4.05. The van der Waals surface area contributed by atoms with Gasteiger partial charge in [-0.3, -0.25) is 19.1 Å². The molecule has 2 aromatic rings. The maximum absolute atomic E-state index is 14.7. The molecule has 3 N–H and O–H groups in total. The summed E-state index contributed by atoms with van der Waals surface area (Å²) in [6, 6.07) is 7.87. The lowest BCUT2D eigenvalue weighted by Gasteiger charge is -2.30. The Morgan fingerprint density at radius 2 is 1.73 bits per heavy atom. The highest BCUT2D eigenvalue weighted by Gasteiger charge is 2.62. The van der Waals surface area contributed by atoms with Gasteiger partial charge in [0, 0.05) is 17.7 Å². The first-order valence-electron chi connectivity index (χ1n) is 20.5. The number of para-hydroxylation sites is 1. The number of alkyl carbamates (subject to hydrolysis) is 1. The van der Waals surface area contributed by atoms with E-state index in [4.69, 9.17) is 14.5 Å². The summed E-state index contributed by atoms with van der Waals surface area (Å²) in [6.07, 6.45) is 14.5. The first-order chi connectivity index (χ1) is 26.6. The van der Waals surface area contributed by atoms with Gasteiger partial charge in [-0.1, -0.05) is 56.0 Å². The number of rotatable bonds is 3. The lowest BCUT2D eigenvalue weighted by atomic mass is 9.97. The number of benzene rings is 1. The lowest BCUT2D eigenvalue weighted by molar-refractivity contribution is -0.141. The molecule has 13 nitrogen and oxygen atoms in total. The van der Waals surface area contributed by atoms with Crippen LogP contribution in [0.5, 0.6) is 5.75 Å². The third kappa shape index (κ3) is 8.34. The number of aromatic nitrogens is 1. The molecule has 3 aliphatic heterocycles. The number of pyridine rings is 1. The maximum Gasteiger partial charge on any atom is 0.408 e. The molecule has 4 heterocycles. The van der Waals surface area contributed by atoms with E-state index >= 15 is 0 Å². The molecule has 1 aromatic heterocycles. The zero-order chi connectivity index (χ0) is 38.2. The first kappa shape index (κ1) is 37.7. The fourth-order valence-corrected chi connectivity index (χ4v) is 10.5. The number of sulfonamides is 1. The Bertz CT molecular complexity index is 1950. The maximum atomic E-state index is 14.7. The Labute approximate surface area is 322 Å². The Morgan fingerprint density at radius 1 is 0.927 bits per heavy atom. The second kappa shape index (κ2) is 15.7. The molecule has 0 spiro atoms. The third-order valence-electron chi connectivity index (χ3n) is 12.5. The molecule has 7 unspecified atom stereocenters. The monoisotopic (exact) mass is 775 g/mol. The van der Waals surface area contributed by atoms with Crippen LogP contribution in [0.4, 0.5) is 4.79 Å². The molecule has 55 heavy (non-hydrogen) atoms. The van der Waals surface area contributed by atoms with Crippen LogP contribution < -0.4 is 20.1 Å². The average molecular weight is 776 g/mol. The first-order valence-corrected chi connectivity index (χ1v) is 22.0. The molecule has 1 saturated heterocycles. The summed E-state index contributed by atoms with van der Waals surface area (Å²) in [5.74, 6) is -1.26. The van der Waals surface area contributed by atoms with Crippen LogP contribution in [0.25, 0.3) is 10.9 Å². The van der Waals surface area contributed by atoms with Crippen LogP contribution in [0.2, 0.25) is 0 Å². The SMILES string of the molecule is O=C1NC2CCCCCC=CC3CC3(C(=O)NS(=O)(=O)C3CC3)NC(=O)C3CC(CN3C2=O)Oc2cc3ccccc3nc2CCCCCC2CCCC2O1. The van der Waals surface area contributed by atoms with Crippen LogP contribution in [-0.2, 0) is 35.6 Å². The van der Waals surface area contributed by atoms with Gasteiger partial charge in [0.2, 0.25) is 21.8 Å². The minimum absolute atomic E-state index is 0.0691. The van der Waals surface area contributed by atoms with Crippen LogP contribution >= 0.6 is 0 Å². The molecule has 3 aliphatic carbocycles. The van der Waals surface area contributed by atoms with Crippen molar-refractivity contribution in [2.75, 3.05) is 6.54 Å². The van der Waals surface area contributed by atoms with Crippen LogP contribution in [0.15, 0.2) is 42.5 Å². The molecule has 296 valence electrons. The van der Waals surface area contributed by atoms with Crippen molar-refractivity contribution in [1.82, 2.24) is 25.2 Å². The highest BCUT2D eigenvalue weighted by molar-refractivity contribution is 7.91. The van der Waals surface area contributed by atoms with Gasteiger partial charge in [-0.05, 0) is 95.1 Å². The molecule has 3 saturated carbocycles. The number of nitrogens with one attached hydrogen (secondary N) is 3. The second-order valence-electron chi connectivity index (χ2n) is 16.6. The highest BCUT2D eigenvalue weighted by atomic mass is 32.2. The van der Waals surface area contributed by atoms with Crippen LogP contribution in [0, 0.1) is 11.8 Å². The van der Waals surface area contributed by atoms with Crippen LogP contribution in [0.1, 0.15) is 108 Å². The summed E-state index contributed by atoms with van der Waals surface area (Å²) in [5, 5.41) is 6.15. The van der Waals surface area contributed by atoms with E-state index in [1.165, 1.54) is 4.90 Å². The zero-order valence-electron chi connectivity index (χ0n) is 31.4. The number of fused-ring (bicyclic) bond motifs is 6. The fraction of sp³-hybridized carbons (Fsp3) is 0.634. The van der Waals surface area contributed by atoms with Crippen molar-refractivity contribution < 1.29 is 37.1 Å². The van der Waals surface area contributed by atoms with Gasteiger partial charge in [-0.2, -0.15) is 0 Å². The normalized spacial score (nSPS) is 32.2. The minimum atomic E-state index is -3.87. The number of allylic oxidation sites excluding steroid dienone is 1. The van der Waals surface area contributed by atoms with E-state index in [9.17, 15) is 27.6 Å². The number of hydrogen-bond acceptors (Lipinski definition) is 9. The van der Waals surface area contributed by atoms with Crippen molar-refractivity contribution in [1.29, 1.82) is 0 Å². The van der Waals surface area contributed by atoms with E-state index in [1.54, 1.807) is 0 Å². The molecular formula is C41H53N5O8S. The largest absolute Gasteiger partial charge is 0.487 e.